The SMILES string of the molecule is [2H]c1c([2H])c([2H])c(-c2nc(-c3ccccc3)nc(-c3ccc4c(c3)oc3ccc(-n5c6ccccc6c6cc7oc8ccccc8c7cc65)cc34)n2)c([2H])c1[2H]. The molecule has 0 unspecified atom stereocenters. The van der Waals surface area contributed by atoms with Crippen LogP contribution in [0.1, 0.15) is 6.85 Å². The highest BCUT2D eigenvalue weighted by molar-refractivity contribution is 6.17. The van der Waals surface area contributed by atoms with Crippen molar-refractivity contribution in [1.82, 2.24) is 19.5 Å². The van der Waals surface area contributed by atoms with Crippen LogP contribution >= 0.6 is 0 Å². The van der Waals surface area contributed by atoms with E-state index in [9.17, 15) is 0 Å². The van der Waals surface area contributed by atoms with Gasteiger partial charge in [-0.1, -0.05) is 103 Å². The minimum atomic E-state index is -0.484. The molecule has 4 heterocycles. The molecule has 0 aliphatic heterocycles. The Labute approximate surface area is 297 Å². The second-order valence-corrected chi connectivity index (χ2v) is 12.5. The van der Waals surface area contributed by atoms with Crippen molar-refractivity contribution >= 4 is 65.7 Å². The Balaban J connectivity index is 1.08. The quantitative estimate of drug-likeness (QED) is 0.188. The maximum absolute atomic E-state index is 8.62. The van der Waals surface area contributed by atoms with Crippen molar-refractivity contribution in [2.24, 2.45) is 0 Å². The highest BCUT2D eigenvalue weighted by Crippen LogP contribution is 2.40. The molecule has 0 radical (unpaired) electrons. The Kier molecular flexibility index (Phi) is 4.91. The first-order chi connectivity index (χ1) is 27.3. The molecule has 0 saturated carbocycles. The second-order valence-electron chi connectivity index (χ2n) is 12.5. The fraction of sp³-hybridized carbons (Fsp3) is 0. The number of furan rings is 2. The van der Waals surface area contributed by atoms with Crippen molar-refractivity contribution in [3.05, 3.63) is 158 Å². The molecule has 0 spiro atoms. The predicted octanol–water partition coefficient (Wildman–Crippen LogP) is 11.8. The van der Waals surface area contributed by atoms with Crippen LogP contribution in [0.25, 0.3) is 106 Å². The third-order valence-corrected chi connectivity index (χ3v) is 9.53. The zero-order chi connectivity index (χ0) is 37.8. The van der Waals surface area contributed by atoms with Gasteiger partial charge >= 0.3 is 0 Å². The van der Waals surface area contributed by atoms with Crippen LogP contribution in [-0.2, 0) is 0 Å². The summed E-state index contributed by atoms with van der Waals surface area (Å²) < 4.78 is 56.8. The first kappa shape index (κ1) is 23.3. The zero-order valence-electron chi connectivity index (χ0n) is 31.7. The lowest BCUT2D eigenvalue weighted by Crippen LogP contribution is -2.00. The highest BCUT2D eigenvalue weighted by atomic mass is 16.3. The Bertz CT molecular complexity index is 3420. The molecule has 0 aliphatic rings. The predicted molar refractivity (Wildman–Crippen MR) is 205 cm³/mol. The Morgan fingerprint density at radius 2 is 1.06 bits per heavy atom. The van der Waals surface area contributed by atoms with Gasteiger partial charge in [-0.3, -0.25) is 0 Å². The van der Waals surface area contributed by atoms with E-state index in [1.165, 1.54) is 0 Å². The van der Waals surface area contributed by atoms with Gasteiger partial charge in [-0.15, -0.1) is 0 Å². The van der Waals surface area contributed by atoms with Crippen molar-refractivity contribution in [2.45, 2.75) is 0 Å². The molecule has 7 aromatic carbocycles. The summed E-state index contributed by atoms with van der Waals surface area (Å²) in [5.74, 6) is 0.553. The van der Waals surface area contributed by atoms with Gasteiger partial charge in [0.05, 0.1) is 17.9 Å². The van der Waals surface area contributed by atoms with Crippen molar-refractivity contribution in [3.8, 4) is 39.9 Å². The fourth-order valence-electron chi connectivity index (χ4n) is 7.20. The molecule has 6 heteroatoms. The number of nitrogens with zero attached hydrogens (tertiary/aromatic N) is 4. The van der Waals surface area contributed by atoms with E-state index in [4.69, 9.17) is 25.7 Å². The van der Waals surface area contributed by atoms with Crippen LogP contribution in [0.4, 0.5) is 0 Å². The van der Waals surface area contributed by atoms with Gasteiger partial charge in [0.1, 0.15) is 22.3 Å². The van der Waals surface area contributed by atoms with Crippen LogP contribution in [0.2, 0.25) is 0 Å². The van der Waals surface area contributed by atoms with Crippen LogP contribution in [-0.4, -0.2) is 19.5 Å². The van der Waals surface area contributed by atoms with Crippen molar-refractivity contribution in [3.63, 3.8) is 0 Å². The monoisotopic (exact) mass is 659 g/mol. The Hall–Kier alpha value is -7.05. The summed E-state index contributed by atoms with van der Waals surface area (Å²) >= 11 is 0. The molecule has 0 N–H and O–H groups in total. The van der Waals surface area contributed by atoms with E-state index >= 15 is 0 Å². The maximum Gasteiger partial charge on any atom is 0.164 e. The maximum atomic E-state index is 8.62. The summed E-state index contributed by atoms with van der Waals surface area (Å²) in [7, 11) is 0. The fourth-order valence-corrected chi connectivity index (χ4v) is 7.20. The lowest BCUT2D eigenvalue weighted by atomic mass is 10.1. The molecule has 51 heavy (non-hydrogen) atoms. The summed E-state index contributed by atoms with van der Waals surface area (Å²) in [6, 6.07) is 39.9. The van der Waals surface area contributed by atoms with Gasteiger partial charge in [-0.25, -0.2) is 15.0 Å². The number of para-hydroxylation sites is 2. The van der Waals surface area contributed by atoms with E-state index in [0.29, 0.717) is 28.1 Å². The number of fused-ring (bicyclic) bond motifs is 9. The number of aromatic nitrogens is 4. The van der Waals surface area contributed by atoms with Crippen LogP contribution in [0.15, 0.2) is 166 Å². The Morgan fingerprint density at radius 3 is 1.90 bits per heavy atom. The minimum Gasteiger partial charge on any atom is -0.456 e. The number of benzene rings is 7. The van der Waals surface area contributed by atoms with Gasteiger partial charge in [0.2, 0.25) is 0 Å². The van der Waals surface area contributed by atoms with E-state index in [-0.39, 0.29) is 29.3 Å². The van der Waals surface area contributed by atoms with Crippen LogP contribution < -0.4 is 0 Å². The molecule has 4 aromatic heterocycles. The van der Waals surface area contributed by atoms with E-state index < -0.39 is 18.1 Å². The first-order valence-electron chi connectivity index (χ1n) is 19.0. The van der Waals surface area contributed by atoms with Crippen molar-refractivity contribution in [1.29, 1.82) is 0 Å². The largest absolute Gasteiger partial charge is 0.456 e. The molecule has 0 aliphatic carbocycles. The lowest BCUT2D eigenvalue weighted by molar-refractivity contribution is 0.669. The minimum absolute atomic E-state index is 0.0212. The molecule has 6 nitrogen and oxygen atoms in total. The van der Waals surface area contributed by atoms with Crippen LogP contribution in [0, 0.1) is 0 Å². The van der Waals surface area contributed by atoms with Gasteiger partial charge in [0, 0.05) is 54.7 Å². The summed E-state index contributed by atoms with van der Waals surface area (Å²) in [6.07, 6.45) is 0. The van der Waals surface area contributed by atoms with Crippen molar-refractivity contribution in [2.75, 3.05) is 0 Å². The summed E-state index contributed by atoms with van der Waals surface area (Å²) in [5, 5.41) is 6.19. The topological polar surface area (TPSA) is 69.9 Å². The molecule has 11 aromatic rings. The standard InChI is InChI=1S/C45H26N4O2/c1-3-11-27(12-4-1)43-46-44(28-13-5-2-6-14-28)48-45(47-43)29-19-21-33-35-24-30(20-22-40(35)51-41(33)23-29)49-37-17-9-7-15-31(37)34-26-42-36(25-38(34)49)32-16-8-10-18-39(32)50-42/h1-26H/i1D,3D,4D,11D,12D. The molecular formula is C45H26N4O2. The van der Waals surface area contributed by atoms with E-state index in [1.54, 1.807) is 0 Å². The molecule has 0 bridgehead atoms. The van der Waals surface area contributed by atoms with Crippen LogP contribution in [0.5, 0.6) is 0 Å². The molecule has 0 fully saturated rings. The van der Waals surface area contributed by atoms with Gasteiger partial charge < -0.3 is 13.4 Å². The van der Waals surface area contributed by atoms with E-state index in [0.717, 1.165) is 60.2 Å². The lowest BCUT2D eigenvalue weighted by Gasteiger charge is -2.08. The molecule has 11 rings (SSSR count). The number of hydrogen-bond donors (Lipinski definition) is 0. The van der Waals surface area contributed by atoms with Gasteiger partial charge in [-0.2, -0.15) is 0 Å². The molecule has 0 atom stereocenters. The highest BCUT2D eigenvalue weighted by Gasteiger charge is 2.19. The number of hydrogen-bond acceptors (Lipinski definition) is 5. The Morgan fingerprint density at radius 1 is 0.412 bits per heavy atom. The third kappa shape index (κ3) is 4.33. The van der Waals surface area contributed by atoms with Gasteiger partial charge in [-0.05, 0) is 54.6 Å². The average molecular weight is 660 g/mol. The van der Waals surface area contributed by atoms with Gasteiger partial charge in [0.15, 0.2) is 17.5 Å². The zero-order valence-corrected chi connectivity index (χ0v) is 26.7. The smallest absolute Gasteiger partial charge is 0.164 e. The average Bonchev–Trinajstić information content (AvgIpc) is 3.90. The van der Waals surface area contributed by atoms with Crippen molar-refractivity contribution < 1.29 is 15.7 Å². The first-order valence-corrected chi connectivity index (χ1v) is 16.5. The molecular weight excluding hydrogens is 629 g/mol. The second kappa shape index (κ2) is 10.7. The summed E-state index contributed by atoms with van der Waals surface area (Å²) in [6.45, 7) is 0. The van der Waals surface area contributed by atoms with E-state index in [2.05, 4.69) is 64.1 Å². The molecule has 0 saturated heterocycles. The third-order valence-electron chi connectivity index (χ3n) is 9.53. The normalized spacial score (nSPS) is 13.3. The molecule has 0 amide bonds. The number of rotatable bonds is 4. The summed E-state index contributed by atoms with van der Waals surface area (Å²) in [4.78, 5) is 14.1. The van der Waals surface area contributed by atoms with Crippen LogP contribution in [0.3, 0.4) is 0 Å². The molecule has 238 valence electrons. The van der Waals surface area contributed by atoms with E-state index in [1.807, 2.05) is 72.8 Å². The summed E-state index contributed by atoms with van der Waals surface area (Å²) in [5.41, 5.74) is 7.37. The van der Waals surface area contributed by atoms with Gasteiger partial charge in [0.25, 0.3) is 0 Å².